The lowest BCUT2D eigenvalue weighted by atomic mass is 10.1. The van der Waals surface area contributed by atoms with Gasteiger partial charge in [0, 0.05) is 22.0 Å². The SMILES string of the molecule is CC(=O)c1ccc(NC(=O)C(=O)Nc2ccc(Cl)cc2)cc1. The van der Waals surface area contributed by atoms with E-state index in [1.807, 2.05) is 0 Å². The first-order valence-corrected chi connectivity index (χ1v) is 6.82. The summed E-state index contributed by atoms with van der Waals surface area (Å²) in [7, 11) is 0. The summed E-state index contributed by atoms with van der Waals surface area (Å²) in [5.74, 6) is -1.66. The van der Waals surface area contributed by atoms with Gasteiger partial charge in [0.05, 0.1) is 0 Å². The molecule has 0 saturated carbocycles. The molecule has 0 spiro atoms. The fourth-order valence-corrected chi connectivity index (χ4v) is 1.82. The van der Waals surface area contributed by atoms with Gasteiger partial charge < -0.3 is 10.6 Å². The van der Waals surface area contributed by atoms with Crippen molar-refractivity contribution in [1.29, 1.82) is 0 Å². The van der Waals surface area contributed by atoms with E-state index in [0.717, 1.165) is 0 Å². The number of hydrogen-bond donors (Lipinski definition) is 2. The van der Waals surface area contributed by atoms with Crippen molar-refractivity contribution in [3.8, 4) is 0 Å². The van der Waals surface area contributed by atoms with E-state index in [0.29, 0.717) is 22.0 Å². The average molecular weight is 317 g/mol. The highest BCUT2D eigenvalue weighted by Crippen LogP contribution is 2.14. The highest BCUT2D eigenvalue weighted by atomic mass is 35.5. The second-order valence-electron chi connectivity index (χ2n) is 4.55. The molecule has 0 saturated heterocycles. The van der Waals surface area contributed by atoms with Crippen molar-refractivity contribution in [3.63, 3.8) is 0 Å². The van der Waals surface area contributed by atoms with Crippen LogP contribution < -0.4 is 10.6 Å². The Morgan fingerprint density at radius 2 is 1.18 bits per heavy atom. The molecule has 2 rings (SSSR count). The third-order valence-electron chi connectivity index (χ3n) is 2.86. The second kappa shape index (κ2) is 6.87. The van der Waals surface area contributed by atoms with E-state index in [9.17, 15) is 14.4 Å². The Kier molecular flexibility index (Phi) is 4.91. The van der Waals surface area contributed by atoms with Crippen molar-refractivity contribution in [1.82, 2.24) is 0 Å². The van der Waals surface area contributed by atoms with Crippen LogP contribution in [0.15, 0.2) is 48.5 Å². The number of anilines is 2. The molecule has 2 amide bonds. The standard InChI is InChI=1S/C16H13ClN2O3/c1-10(20)11-2-6-13(7-3-11)18-15(21)16(22)19-14-8-4-12(17)5-9-14/h2-9H,1H3,(H,18,21)(H,19,22). The van der Waals surface area contributed by atoms with Crippen molar-refractivity contribution in [2.24, 2.45) is 0 Å². The third kappa shape index (κ3) is 4.17. The predicted octanol–water partition coefficient (Wildman–Crippen LogP) is 3.12. The molecule has 112 valence electrons. The Balaban J connectivity index is 1.97. The van der Waals surface area contributed by atoms with Crippen LogP contribution in [0.25, 0.3) is 0 Å². The molecule has 22 heavy (non-hydrogen) atoms. The Labute approximate surface area is 132 Å². The minimum atomic E-state index is -0.800. The van der Waals surface area contributed by atoms with Crippen molar-refractivity contribution in [2.75, 3.05) is 10.6 Å². The van der Waals surface area contributed by atoms with Gasteiger partial charge in [0.1, 0.15) is 0 Å². The van der Waals surface area contributed by atoms with Crippen molar-refractivity contribution in [3.05, 3.63) is 59.1 Å². The average Bonchev–Trinajstić information content (AvgIpc) is 2.50. The Bertz CT molecular complexity index is 709. The largest absolute Gasteiger partial charge is 0.318 e. The summed E-state index contributed by atoms with van der Waals surface area (Å²) >= 11 is 5.74. The zero-order valence-electron chi connectivity index (χ0n) is 11.7. The van der Waals surface area contributed by atoms with Gasteiger partial charge in [0.2, 0.25) is 0 Å². The number of Topliss-reactive ketones (excluding diaryl/α,β-unsaturated/α-hetero) is 1. The maximum absolute atomic E-state index is 11.8. The number of carbonyl (C=O) groups is 3. The highest BCUT2D eigenvalue weighted by molar-refractivity contribution is 6.43. The molecule has 0 aliphatic carbocycles. The van der Waals surface area contributed by atoms with Crippen LogP contribution in [-0.2, 0) is 9.59 Å². The zero-order valence-corrected chi connectivity index (χ0v) is 12.5. The van der Waals surface area contributed by atoms with Crippen LogP contribution in [0.1, 0.15) is 17.3 Å². The summed E-state index contributed by atoms with van der Waals surface area (Å²) in [5, 5.41) is 5.44. The summed E-state index contributed by atoms with van der Waals surface area (Å²) in [4.78, 5) is 34.7. The zero-order chi connectivity index (χ0) is 16.1. The molecule has 2 aromatic carbocycles. The van der Waals surface area contributed by atoms with Crippen LogP contribution in [0, 0.1) is 0 Å². The van der Waals surface area contributed by atoms with Crippen LogP contribution in [0.5, 0.6) is 0 Å². The molecule has 0 unspecified atom stereocenters. The van der Waals surface area contributed by atoms with Gasteiger partial charge >= 0.3 is 11.8 Å². The maximum atomic E-state index is 11.8. The highest BCUT2D eigenvalue weighted by Gasteiger charge is 2.14. The quantitative estimate of drug-likeness (QED) is 0.675. The van der Waals surface area contributed by atoms with E-state index in [4.69, 9.17) is 11.6 Å². The minimum Gasteiger partial charge on any atom is -0.318 e. The van der Waals surface area contributed by atoms with Gasteiger partial charge in [-0.3, -0.25) is 14.4 Å². The van der Waals surface area contributed by atoms with Gasteiger partial charge in [-0.15, -0.1) is 0 Å². The molecule has 0 bridgehead atoms. The Hall–Kier alpha value is -2.66. The summed E-state index contributed by atoms with van der Waals surface area (Å²) in [6.45, 7) is 1.45. The number of ketones is 1. The van der Waals surface area contributed by atoms with Crippen LogP contribution in [0.3, 0.4) is 0 Å². The van der Waals surface area contributed by atoms with Gasteiger partial charge in [-0.05, 0) is 55.5 Å². The smallest absolute Gasteiger partial charge is 0.314 e. The van der Waals surface area contributed by atoms with E-state index in [1.165, 1.54) is 6.92 Å². The number of hydrogen-bond acceptors (Lipinski definition) is 3. The second-order valence-corrected chi connectivity index (χ2v) is 4.99. The van der Waals surface area contributed by atoms with E-state index < -0.39 is 11.8 Å². The van der Waals surface area contributed by atoms with Crippen molar-refractivity contribution >= 4 is 40.6 Å². The normalized spacial score (nSPS) is 9.91. The molecule has 0 aliphatic heterocycles. The first kappa shape index (κ1) is 15.7. The maximum Gasteiger partial charge on any atom is 0.314 e. The molecule has 0 fully saturated rings. The fraction of sp³-hybridized carbons (Fsp3) is 0.0625. The first-order valence-electron chi connectivity index (χ1n) is 6.44. The number of benzene rings is 2. The van der Waals surface area contributed by atoms with E-state index >= 15 is 0 Å². The number of carbonyl (C=O) groups excluding carboxylic acids is 3. The molecule has 0 aromatic heterocycles. The molecule has 2 N–H and O–H groups in total. The molecule has 6 heteroatoms. The van der Waals surface area contributed by atoms with Gasteiger partial charge in [-0.2, -0.15) is 0 Å². The lowest BCUT2D eigenvalue weighted by Gasteiger charge is -2.07. The monoisotopic (exact) mass is 316 g/mol. The molecule has 2 aromatic rings. The third-order valence-corrected chi connectivity index (χ3v) is 3.11. The minimum absolute atomic E-state index is 0.0710. The van der Waals surface area contributed by atoms with Gasteiger partial charge in [-0.1, -0.05) is 11.6 Å². The number of rotatable bonds is 3. The molecule has 0 heterocycles. The van der Waals surface area contributed by atoms with Crippen LogP contribution in [0.4, 0.5) is 11.4 Å². The Morgan fingerprint density at radius 3 is 1.59 bits per heavy atom. The van der Waals surface area contributed by atoms with Gasteiger partial charge in [0.25, 0.3) is 0 Å². The lowest BCUT2D eigenvalue weighted by molar-refractivity contribution is -0.132. The number of halogens is 1. The number of amides is 2. The molecule has 0 radical (unpaired) electrons. The molecule has 5 nitrogen and oxygen atoms in total. The van der Waals surface area contributed by atoms with E-state index in [-0.39, 0.29) is 5.78 Å². The fourth-order valence-electron chi connectivity index (χ4n) is 1.70. The predicted molar refractivity (Wildman–Crippen MR) is 85.2 cm³/mol. The van der Waals surface area contributed by atoms with Crippen LogP contribution in [0.2, 0.25) is 5.02 Å². The summed E-state index contributed by atoms with van der Waals surface area (Å²) in [5.41, 5.74) is 1.43. The summed E-state index contributed by atoms with van der Waals surface area (Å²) < 4.78 is 0. The topological polar surface area (TPSA) is 75.3 Å². The van der Waals surface area contributed by atoms with Crippen LogP contribution in [-0.4, -0.2) is 17.6 Å². The number of nitrogens with one attached hydrogen (secondary N) is 2. The van der Waals surface area contributed by atoms with E-state index in [2.05, 4.69) is 10.6 Å². The molecule has 0 aliphatic rings. The summed E-state index contributed by atoms with van der Waals surface area (Å²) in [6.07, 6.45) is 0. The lowest BCUT2D eigenvalue weighted by Crippen LogP contribution is -2.29. The summed E-state index contributed by atoms with van der Waals surface area (Å²) in [6, 6.07) is 12.7. The molecule has 0 atom stereocenters. The first-order chi connectivity index (χ1) is 10.5. The van der Waals surface area contributed by atoms with Crippen molar-refractivity contribution < 1.29 is 14.4 Å². The van der Waals surface area contributed by atoms with Gasteiger partial charge in [-0.25, -0.2) is 0 Å². The molecular weight excluding hydrogens is 304 g/mol. The van der Waals surface area contributed by atoms with Crippen LogP contribution >= 0.6 is 11.6 Å². The Morgan fingerprint density at radius 1 is 0.773 bits per heavy atom. The van der Waals surface area contributed by atoms with E-state index in [1.54, 1.807) is 48.5 Å². The molecular formula is C16H13ClN2O3. The van der Waals surface area contributed by atoms with Crippen molar-refractivity contribution in [2.45, 2.75) is 6.92 Å². The van der Waals surface area contributed by atoms with Gasteiger partial charge in [0.15, 0.2) is 5.78 Å².